The quantitative estimate of drug-likeness (QED) is 0.797. The Morgan fingerprint density at radius 2 is 2.22 bits per heavy atom. The number of carbonyl (C=O) groups is 1. The summed E-state index contributed by atoms with van der Waals surface area (Å²) in [5.41, 5.74) is 0.351. The molecule has 2 aliphatic rings. The molecule has 1 aromatic rings. The minimum atomic E-state index is -3.23. The van der Waals surface area contributed by atoms with Crippen LogP contribution in [0.3, 0.4) is 0 Å². The van der Waals surface area contributed by atoms with E-state index < -0.39 is 15.1 Å². The minimum Gasteiger partial charge on any atom is -0.496 e. The second-order valence-corrected chi connectivity index (χ2v) is 8.46. The van der Waals surface area contributed by atoms with Crippen molar-refractivity contribution in [3.8, 4) is 5.75 Å². The van der Waals surface area contributed by atoms with E-state index in [1.54, 1.807) is 23.1 Å². The molecule has 0 N–H and O–H groups in total. The summed E-state index contributed by atoms with van der Waals surface area (Å²) in [6.07, 6.45) is 0.512. The highest BCUT2D eigenvalue weighted by Gasteiger charge is 2.45. The Kier molecular flexibility index (Phi) is 4.53. The lowest BCUT2D eigenvalue weighted by molar-refractivity contribution is 0.0292. The molecular weight excluding hydrogens is 342 g/mol. The van der Waals surface area contributed by atoms with Crippen LogP contribution in [0.15, 0.2) is 18.2 Å². The van der Waals surface area contributed by atoms with Crippen LogP contribution in [-0.2, 0) is 14.6 Å². The molecule has 1 amide bonds. The predicted molar refractivity (Wildman–Crippen MR) is 85.8 cm³/mol. The lowest BCUT2D eigenvalue weighted by Gasteiger charge is -2.43. The average molecular weight is 360 g/mol. The van der Waals surface area contributed by atoms with Gasteiger partial charge in [0.1, 0.15) is 11.0 Å². The third kappa shape index (κ3) is 3.05. The van der Waals surface area contributed by atoms with Gasteiger partial charge < -0.3 is 14.4 Å². The Bertz CT molecular complexity index is 721. The maximum Gasteiger partial charge on any atom is 0.257 e. The smallest absolute Gasteiger partial charge is 0.257 e. The van der Waals surface area contributed by atoms with Crippen molar-refractivity contribution >= 4 is 27.3 Å². The van der Waals surface area contributed by atoms with E-state index in [1.807, 2.05) is 0 Å². The van der Waals surface area contributed by atoms with Crippen LogP contribution >= 0.6 is 11.6 Å². The molecule has 0 saturated carbocycles. The van der Waals surface area contributed by atoms with Gasteiger partial charge in [0.2, 0.25) is 0 Å². The van der Waals surface area contributed by atoms with E-state index in [0.717, 1.165) is 0 Å². The number of methoxy groups -OCH3 is 1. The van der Waals surface area contributed by atoms with Crippen molar-refractivity contribution in [2.45, 2.75) is 17.7 Å². The first-order valence-electron chi connectivity index (χ1n) is 7.38. The number of carbonyl (C=O) groups excluding carboxylic acids is 1. The van der Waals surface area contributed by atoms with Gasteiger partial charge in [-0.2, -0.15) is 0 Å². The molecule has 0 aliphatic carbocycles. The molecule has 23 heavy (non-hydrogen) atoms. The van der Waals surface area contributed by atoms with Gasteiger partial charge in [0.25, 0.3) is 5.91 Å². The van der Waals surface area contributed by atoms with E-state index in [2.05, 4.69) is 0 Å². The molecule has 0 bridgehead atoms. The van der Waals surface area contributed by atoms with Crippen molar-refractivity contribution in [1.29, 1.82) is 0 Å². The molecular formula is C15H18ClNO5S. The Morgan fingerprint density at radius 3 is 2.96 bits per heavy atom. The Morgan fingerprint density at radius 1 is 1.43 bits per heavy atom. The van der Waals surface area contributed by atoms with Crippen LogP contribution in [0.2, 0.25) is 5.02 Å². The highest BCUT2D eigenvalue weighted by atomic mass is 35.5. The van der Waals surface area contributed by atoms with Gasteiger partial charge in [0, 0.05) is 18.2 Å². The Labute approximate surface area is 140 Å². The van der Waals surface area contributed by atoms with Crippen LogP contribution in [0.5, 0.6) is 5.75 Å². The summed E-state index contributed by atoms with van der Waals surface area (Å²) in [6.45, 7) is 0.772. The normalized spacial score (nSPS) is 26.4. The SMILES string of the molecule is COc1ccc(Cl)cc1C(=O)N1CCS(=O)(=O)C2COCCC21. The maximum absolute atomic E-state index is 12.9. The first-order chi connectivity index (χ1) is 10.9. The third-order valence-electron chi connectivity index (χ3n) is 4.40. The fourth-order valence-electron chi connectivity index (χ4n) is 3.20. The van der Waals surface area contributed by atoms with Crippen molar-refractivity contribution in [1.82, 2.24) is 4.90 Å². The van der Waals surface area contributed by atoms with Gasteiger partial charge in [0.05, 0.1) is 31.1 Å². The number of fused-ring (bicyclic) bond motifs is 1. The summed E-state index contributed by atoms with van der Waals surface area (Å²) >= 11 is 6.00. The van der Waals surface area contributed by atoms with Crippen LogP contribution in [0.4, 0.5) is 0 Å². The molecule has 8 heteroatoms. The molecule has 2 aliphatic heterocycles. The maximum atomic E-state index is 12.9. The minimum absolute atomic E-state index is 0.0495. The summed E-state index contributed by atoms with van der Waals surface area (Å²) < 4.78 is 35.0. The molecule has 2 saturated heterocycles. The third-order valence-corrected chi connectivity index (χ3v) is 6.76. The van der Waals surface area contributed by atoms with Crippen LogP contribution in [0, 0.1) is 0 Å². The number of benzene rings is 1. The van der Waals surface area contributed by atoms with Gasteiger partial charge in [-0.25, -0.2) is 8.42 Å². The number of hydrogen-bond acceptors (Lipinski definition) is 5. The number of nitrogens with zero attached hydrogens (tertiary/aromatic N) is 1. The zero-order chi connectivity index (χ0) is 16.6. The largest absolute Gasteiger partial charge is 0.496 e. The van der Waals surface area contributed by atoms with E-state index in [0.29, 0.717) is 29.4 Å². The topological polar surface area (TPSA) is 72.9 Å². The molecule has 3 rings (SSSR count). The first-order valence-corrected chi connectivity index (χ1v) is 9.47. The molecule has 1 aromatic carbocycles. The molecule has 2 heterocycles. The number of sulfone groups is 1. The number of rotatable bonds is 2. The van der Waals surface area contributed by atoms with Gasteiger partial charge in [0.15, 0.2) is 9.84 Å². The zero-order valence-electron chi connectivity index (χ0n) is 12.7. The van der Waals surface area contributed by atoms with Gasteiger partial charge in [-0.3, -0.25) is 4.79 Å². The monoisotopic (exact) mass is 359 g/mol. The van der Waals surface area contributed by atoms with Crippen LogP contribution in [-0.4, -0.2) is 63.1 Å². The Balaban J connectivity index is 1.95. The summed E-state index contributed by atoms with van der Waals surface area (Å²) in [7, 11) is -1.75. The molecule has 126 valence electrons. The molecule has 0 spiro atoms. The standard InChI is InChI=1S/C15H18ClNO5S/c1-21-13-3-2-10(16)8-11(13)15(18)17-5-7-23(19,20)14-9-22-6-4-12(14)17/h2-3,8,12,14H,4-7,9H2,1H3. The lowest BCUT2D eigenvalue weighted by Crippen LogP contribution is -2.60. The highest BCUT2D eigenvalue weighted by molar-refractivity contribution is 7.92. The van der Waals surface area contributed by atoms with Crippen molar-refractivity contribution in [3.63, 3.8) is 0 Å². The van der Waals surface area contributed by atoms with Crippen molar-refractivity contribution in [2.24, 2.45) is 0 Å². The van der Waals surface area contributed by atoms with Crippen LogP contribution < -0.4 is 4.74 Å². The van der Waals surface area contributed by atoms with Crippen molar-refractivity contribution in [2.75, 3.05) is 32.6 Å². The first kappa shape index (κ1) is 16.5. The number of amides is 1. The second kappa shape index (κ2) is 6.30. The summed E-state index contributed by atoms with van der Waals surface area (Å²) in [4.78, 5) is 14.6. The van der Waals surface area contributed by atoms with E-state index in [1.165, 1.54) is 7.11 Å². The number of ether oxygens (including phenoxy) is 2. The summed E-state index contributed by atoms with van der Waals surface area (Å²) in [5.74, 6) is 0.124. The zero-order valence-corrected chi connectivity index (χ0v) is 14.3. The molecule has 0 aromatic heterocycles. The molecule has 2 unspecified atom stereocenters. The predicted octanol–water partition coefficient (Wildman–Crippen LogP) is 1.38. The molecule has 0 radical (unpaired) electrons. The van der Waals surface area contributed by atoms with Crippen LogP contribution in [0.1, 0.15) is 16.8 Å². The van der Waals surface area contributed by atoms with E-state index in [4.69, 9.17) is 21.1 Å². The lowest BCUT2D eigenvalue weighted by atomic mass is 10.0. The Hall–Kier alpha value is -1.31. The second-order valence-electron chi connectivity index (χ2n) is 5.68. The van der Waals surface area contributed by atoms with Gasteiger partial charge in [-0.05, 0) is 24.6 Å². The molecule has 2 atom stereocenters. The van der Waals surface area contributed by atoms with Gasteiger partial charge >= 0.3 is 0 Å². The van der Waals surface area contributed by atoms with E-state index >= 15 is 0 Å². The number of halogens is 1. The average Bonchev–Trinajstić information content (AvgIpc) is 2.54. The fraction of sp³-hybridized carbons (Fsp3) is 0.533. The van der Waals surface area contributed by atoms with Gasteiger partial charge in [-0.1, -0.05) is 11.6 Å². The highest BCUT2D eigenvalue weighted by Crippen LogP contribution is 2.30. The number of hydrogen-bond donors (Lipinski definition) is 0. The van der Waals surface area contributed by atoms with Crippen molar-refractivity contribution in [3.05, 3.63) is 28.8 Å². The van der Waals surface area contributed by atoms with E-state index in [9.17, 15) is 13.2 Å². The molecule has 2 fully saturated rings. The van der Waals surface area contributed by atoms with Crippen molar-refractivity contribution < 1.29 is 22.7 Å². The summed E-state index contributed by atoms with van der Waals surface area (Å²) in [6, 6.07) is 4.48. The molecule has 6 nitrogen and oxygen atoms in total. The summed E-state index contributed by atoms with van der Waals surface area (Å²) in [5, 5.41) is -0.221. The fourth-order valence-corrected chi connectivity index (χ4v) is 5.19. The van der Waals surface area contributed by atoms with E-state index in [-0.39, 0.29) is 30.9 Å². The van der Waals surface area contributed by atoms with Crippen LogP contribution in [0.25, 0.3) is 0 Å². The van der Waals surface area contributed by atoms with Gasteiger partial charge in [-0.15, -0.1) is 0 Å².